The SMILES string of the molecule is Cc1cc(NC(=O)CF)cc(Cl)c1O. The Bertz CT molecular complexity index is 345. The van der Waals surface area contributed by atoms with Gasteiger partial charge in [0.05, 0.1) is 5.02 Å². The van der Waals surface area contributed by atoms with Crippen molar-refractivity contribution in [3.63, 3.8) is 0 Å². The Labute approximate surface area is 85.5 Å². The van der Waals surface area contributed by atoms with E-state index >= 15 is 0 Å². The van der Waals surface area contributed by atoms with Gasteiger partial charge in [-0.1, -0.05) is 11.6 Å². The van der Waals surface area contributed by atoms with E-state index in [2.05, 4.69) is 5.32 Å². The summed E-state index contributed by atoms with van der Waals surface area (Å²) >= 11 is 5.65. The Morgan fingerprint density at radius 3 is 2.79 bits per heavy atom. The maximum absolute atomic E-state index is 11.9. The number of carbonyl (C=O) groups is 1. The van der Waals surface area contributed by atoms with Crippen LogP contribution in [0.1, 0.15) is 5.56 Å². The third kappa shape index (κ3) is 2.35. The van der Waals surface area contributed by atoms with Crippen LogP contribution in [0.15, 0.2) is 12.1 Å². The van der Waals surface area contributed by atoms with Gasteiger partial charge in [0.2, 0.25) is 0 Å². The number of phenols is 1. The number of rotatable bonds is 2. The molecule has 3 nitrogen and oxygen atoms in total. The Balaban J connectivity index is 2.95. The number of anilines is 1. The molecule has 0 aliphatic rings. The second kappa shape index (κ2) is 4.28. The normalized spacial score (nSPS) is 9.93. The molecule has 0 aromatic heterocycles. The second-order valence-corrected chi connectivity index (χ2v) is 3.21. The van der Waals surface area contributed by atoms with Gasteiger partial charge in [0.25, 0.3) is 5.91 Å². The van der Waals surface area contributed by atoms with Crippen molar-refractivity contribution in [2.75, 3.05) is 12.0 Å². The molecule has 0 fully saturated rings. The van der Waals surface area contributed by atoms with Gasteiger partial charge in [0.15, 0.2) is 6.67 Å². The molecule has 0 heterocycles. The van der Waals surface area contributed by atoms with E-state index in [1.165, 1.54) is 12.1 Å². The van der Waals surface area contributed by atoms with Gasteiger partial charge in [0.1, 0.15) is 5.75 Å². The van der Waals surface area contributed by atoms with Crippen LogP contribution in [0.2, 0.25) is 5.02 Å². The van der Waals surface area contributed by atoms with E-state index in [1.807, 2.05) is 0 Å². The van der Waals surface area contributed by atoms with Crippen LogP contribution in [0.3, 0.4) is 0 Å². The molecule has 0 spiro atoms. The van der Waals surface area contributed by atoms with Crippen molar-refractivity contribution in [1.82, 2.24) is 0 Å². The second-order valence-electron chi connectivity index (χ2n) is 2.81. The van der Waals surface area contributed by atoms with Crippen LogP contribution in [-0.4, -0.2) is 17.7 Å². The first-order valence-electron chi connectivity index (χ1n) is 3.89. The quantitative estimate of drug-likeness (QED) is 0.747. The molecule has 14 heavy (non-hydrogen) atoms. The molecule has 76 valence electrons. The standard InChI is InChI=1S/C9H9ClFNO2/c1-5-2-6(12-8(13)4-11)3-7(10)9(5)14/h2-3,14H,4H2,1H3,(H,12,13). The van der Waals surface area contributed by atoms with Gasteiger partial charge in [0, 0.05) is 5.69 Å². The lowest BCUT2D eigenvalue weighted by Gasteiger charge is -2.06. The lowest BCUT2D eigenvalue weighted by atomic mass is 10.2. The van der Waals surface area contributed by atoms with Crippen LogP contribution >= 0.6 is 11.6 Å². The summed E-state index contributed by atoms with van der Waals surface area (Å²) in [4.78, 5) is 10.7. The summed E-state index contributed by atoms with van der Waals surface area (Å²) in [6, 6.07) is 2.87. The first kappa shape index (κ1) is 10.8. The van der Waals surface area contributed by atoms with E-state index in [4.69, 9.17) is 11.6 Å². The number of halogens is 2. The maximum atomic E-state index is 11.9. The van der Waals surface area contributed by atoms with Gasteiger partial charge in [-0.25, -0.2) is 4.39 Å². The maximum Gasteiger partial charge on any atom is 0.255 e. The third-order valence-corrected chi connectivity index (χ3v) is 1.95. The molecule has 1 amide bonds. The van der Waals surface area contributed by atoms with E-state index < -0.39 is 12.6 Å². The highest BCUT2D eigenvalue weighted by Crippen LogP contribution is 2.30. The van der Waals surface area contributed by atoms with Gasteiger partial charge in [-0.15, -0.1) is 0 Å². The van der Waals surface area contributed by atoms with Crippen molar-refractivity contribution in [1.29, 1.82) is 0 Å². The zero-order valence-corrected chi connectivity index (χ0v) is 8.23. The van der Waals surface area contributed by atoms with Crippen LogP contribution in [0.5, 0.6) is 5.75 Å². The smallest absolute Gasteiger partial charge is 0.255 e. The van der Waals surface area contributed by atoms with Gasteiger partial charge in [-0.2, -0.15) is 0 Å². The van der Waals surface area contributed by atoms with E-state index in [9.17, 15) is 14.3 Å². The summed E-state index contributed by atoms with van der Waals surface area (Å²) in [5.74, 6) is -0.781. The van der Waals surface area contributed by atoms with E-state index in [-0.39, 0.29) is 10.8 Å². The predicted molar refractivity (Wildman–Crippen MR) is 52.5 cm³/mol. The lowest BCUT2D eigenvalue weighted by Crippen LogP contribution is -2.13. The summed E-state index contributed by atoms with van der Waals surface area (Å²) in [6.45, 7) is 0.545. The molecular formula is C9H9ClFNO2. The van der Waals surface area contributed by atoms with Crippen molar-refractivity contribution < 1.29 is 14.3 Å². The van der Waals surface area contributed by atoms with E-state index in [1.54, 1.807) is 6.92 Å². The molecule has 5 heteroatoms. The summed E-state index contributed by atoms with van der Waals surface area (Å²) in [7, 11) is 0. The van der Waals surface area contributed by atoms with Gasteiger partial charge in [-0.3, -0.25) is 4.79 Å². The molecule has 1 rings (SSSR count). The van der Waals surface area contributed by atoms with Crippen molar-refractivity contribution in [2.45, 2.75) is 6.92 Å². The number of alkyl halides is 1. The summed E-state index contributed by atoms with van der Waals surface area (Å²) in [6.07, 6.45) is 0. The average Bonchev–Trinajstić information content (AvgIpc) is 2.14. The molecule has 1 aromatic carbocycles. The van der Waals surface area contributed by atoms with Crippen LogP contribution in [0.25, 0.3) is 0 Å². The number of amides is 1. The molecule has 0 atom stereocenters. The minimum atomic E-state index is -1.09. The third-order valence-electron chi connectivity index (χ3n) is 1.66. The first-order valence-corrected chi connectivity index (χ1v) is 4.27. The summed E-state index contributed by atoms with van der Waals surface area (Å²) in [5.41, 5.74) is 0.889. The number of hydrogen-bond acceptors (Lipinski definition) is 2. The summed E-state index contributed by atoms with van der Waals surface area (Å²) < 4.78 is 11.9. The average molecular weight is 218 g/mol. The van der Waals surface area contributed by atoms with Crippen LogP contribution < -0.4 is 5.32 Å². The van der Waals surface area contributed by atoms with Crippen LogP contribution in [-0.2, 0) is 4.79 Å². The topological polar surface area (TPSA) is 49.3 Å². The molecule has 2 N–H and O–H groups in total. The molecule has 0 saturated heterocycles. The van der Waals surface area contributed by atoms with Gasteiger partial charge in [-0.05, 0) is 24.6 Å². The number of nitrogens with one attached hydrogen (secondary N) is 1. The molecule has 0 bridgehead atoms. The Kier molecular flexibility index (Phi) is 3.30. The van der Waals surface area contributed by atoms with Crippen molar-refractivity contribution in [3.05, 3.63) is 22.7 Å². The zero-order valence-electron chi connectivity index (χ0n) is 7.47. The van der Waals surface area contributed by atoms with Crippen LogP contribution in [0.4, 0.5) is 10.1 Å². The van der Waals surface area contributed by atoms with Gasteiger partial charge < -0.3 is 10.4 Å². The largest absolute Gasteiger partial charge is 0.506 e. The summed E-state index contributed by atoms with van der Waals surface area (Å²) in [5, 5.41) is 11.7. The highest BCUT2D eigenvalue weighted by molar-refractivity contribution is 6.32. The zero-order chi connectivity index (χ0) is 10.7. The number of aryl methyl sites for hydroxylation is 1. The fraction of sp³-hybridized carbons (Fsp3) is 0.222. The minimum absolute atomic E-state index is 0.0371. The molecule has 0 unspecified atom stereocenters. The fourth-order valence-electron chi connectivity index (χ4n) is 1.00. The number of carbonyl (C=O) groups excluding carboxylic acids is 1. The molecule has 0 saturated carbocycles. The van der Waals surface area contributed by atoms with E-state index in [0.717, 1.165) is 0 Å². The van der Waals surface area contributed by atoms with Crippen molar-refractivity contribution in [2.24, 2.45) is 0 Å². The highest BCUT2D eigenvalue weighted by atomic mass is 35.5. The molecule has 1 aromatic rings. The number of aromatic hydroxyl groups is 1. The Morgan fingerprint density at radius 1 is 1.64 bits per heavy atom. The molecule has 0 aliphatic carbocycles. The van der Waals surface area contributed by atoms with E-state index in [0.29, 0.717) is 11.3 Å². The lowest BCUT2D eigenvalue weighted by molar-refractivity contribution is -0.117. The van der Waals surface area contributed by atoms with Gasteiger partial charge >= 0.3 is 0 Å². The number of benzene rings is 1. The first-order chi connectivity index (χ1) is 6.54. The molecule has 0 aliphatic heterocycles. The number of phenolic OH excluding ortho intramolecular Hbond substituents is 1. The van der Waals surface area contributed by atoms with Crippen LogP contribution in [0, 0.1) is 6.92 Å². The predicted octanol–water partition coefficient (Wildman–Crippen LogP) is 2.26. The molecule has 0 radical (unpaired) electrons. The highest BCUT2D eigenvalue weighted by Gasteiger charge is 2.07. The van der Waals surface area contributed by atoms with Crippen molar-refractivity contribution in [3.8, 4) is 5.75 Å². The van der Waals surface area contributed by atoms with Crippen molar-refractivity contribution >= 4 is 23.2 Å². The fourth-order valence-corrected chi connectivity index (χ4v) is 1.27. The monoisotopic (exact) mass is 217 g/mol. The molecular weight excluding hydrogens is 209 g/mol. The Hall–Kier alpha value is -1.29. The number of hydrogen-bond donors (Lipinski definition) is 2. The Morgan fingerprint density at radius 2 is 2.29 bits per heavy atom. The minimum Gasteiger partial charge on any atom is -0.506 e.